The van der Waals surface area contributed by atoms with Crippen LogP contribution in [0.5, 0.6) is 0 Å². The van der Waals surface area contributed by atoms with Gasteiger partial charge in [-0.3, -0.25) is 0 Å². The molecule has 0 bridgehead atoms. The van der Waals surface area contributed by atoms with Crippen molar-refractivity contribution in [2.24, 2.45) is 0 Å². The number of nitrogens with one attached hydrogen (secondary N) is 1. The summed E-state index contributed by atoms with van der Waals surface area (Å²) in [5.74, 6) is 1.23. The molecule has 1 atom stereocenters. The molecule has 1 N–H and O–H groups in total. The van der Waals surface area contributed by atoms with Gasteiger partial charge in [-0.25, -0.2) is 0 Å². The van der Waals surface area contributed by atoms with Gasteiger partial charge in [0.15, 0.2) is 5.82 Å². The molecule has 0 fully saturated rings. The Morgan fingerprint density at radius 3 is 2.80 bits per heavy atom. The van der Waals surface area contributed by atoms with E-state index in [4.69, 9.17) is 14.0 Å². The lowest BCUT2D eigenvalue weighted by Gasteiger charge is -2.13. The van der Waals surface area contributed by atoms with Gasteiger partial charge in [0.2, 0.25) is 5.89 Å². The van der Waals surface area contributed by atoms with Crippen LogP contribution in [-0.4, -0.2) is 43.6 Å². The minimum Gasteiger partial charge on any atom is -0.382 e. The third-order valence-corrected chi connectivity index (χ3v) is 1.91. The Hall–Kier alpha value is -0.980. The standard InChI is InChI=1S/C9H17N3O3/c1-7-11-9(12-15-7)5-10-4-8(14-3)6-13-2/h8,10H,4-6H2,1-3H3. The van der Waals surface area contributed by atoms with Gasteiger partial charge in [0.1, 0.15) is 0 Å². The minimum absolute atomic E-state index is 0.0444. The summed E-state index contributed by atoms with van der Waals surface area (Å²) >= 11 is 0. The van der Waals surface area contributed by atoms with Crippen LogP contribution in [0.1, 0.15) is 11.7 Å². The summed E-state index contributed by atoms with van der Waals surface area (Å²) in [6, 6.07) is 0. The van der Waals surface area contributed by atoms with Gasteiger partial charge in [0.05, 0.1) is 19.3 Å². The minimum atomic E-state index is 0.0444. The van der Waals surface area contributed by atoms with E-state index in [-0.39, 0.29) is 6.10 Å². The van der Waals surface area contributed by atoms with Crippen LogP contribution in [0.4, 0.5) is 0 Å². The fraction of sp³-hybridized carbons (Fsp3) is 0.778. The second-order valence-corrected chi connectivity index (χ2v) is 3.17. The van der Waals surface area contributed by atoms with Gasteiger partial charge < -0.3 is 19.3 Å². The maximum Gasteiger partial charge on any atom is 0.223 e. The first-order valence-electron chi connectivity index (χ1n) is 4.78. The summed E-state index contributed by atoms with van der Waals surface area (Å²) in [5.41, 5.74) is 0. The maximum atomic E-state index is 5.18. The van der Waals surface area contributed by atoms with Crippen molar-refractivity contribution in [1.29, 1.82) is 0 Å². The van der Waals surface area contributed by atoms with Crippen LogP contribution in [0.2, 0.25) is 0 Å². The zero-order chi connectivity index (χ0) is 11.1. The molecule has 15 heavy (non-hydrogen) atoms. The number of ether oxygens (including phenoxy) is 2. The van der Waals surface area contributed by atoms with Crippen LogP contribution in [0, 0.1) is 6.92 Å². The first-order chi connectivity index (χ1) is 7.26. The van der Waals surface area contributed by atoms with E-state index in [0.29, 0.717) is 31.4 Å². The largest absolute Gasteiger partial charge is 0.382 e. The smallest absolute Gasteiger partial charge is 0.223 e. The van der Waals surface area contributed by atoms with E-state index in [1.165, 1.54) is 0 Å². The highest BCUT2D eigenvalue weighted by atomic mass is 16.5. The van der Waals surface area contributed by atoms with E-state index in [1.54, 1.807) is 21.1 Å². The van der Waals surface area contributed by atoms with Gasteiger partial charge in [-0.05, 0) is 0 Å². The molecule has 0 amide bonds. The maximum absolute atomic E-state index is 5.18. The number of nitrogens with zero attached hydrogens (tertiary/aromatic N) is 2. The molecule has 0 aliphatic carbocycles. The predicted molar refractivity (Wildman–Crippen MR) is 53.4 cm³/mol. The average molecular weight is 215 g/mol. The van der Waals surface area contributed by atoms with Crippen molar-refractivity contribution in [2.75, 3.05) is 27.4 Å². The van der Waals surface area contributed by atoms with Gasteiger partial charge >= 0.3 is 0 Å². The summed E-state index contributed by atoms with van der Waals surface area (Å²) in [6.45, 7) is 3.59. The Kier molecular flexibility index (Phi) is 5.23. The van der Waals surface area contributed by atoms with Crippen molar-refractivity contribution < 1.29 is 14.0 Å². The number of hydrogen-bond acceptors (Lipinski definition) is 6. The molecule has 86 valence electrons. The summed E-state index contributed by atoms with van der Waals surface area (Å²) < 4.78 is 15.0. The van der Waals surface area contributed by atoms with E-state index >= 15 is 0 Å². The summed E-state index contributed by atoms with van der Waals surface area (Å²) in [4.78, 5) is 4.07. The molecule has 0 spiro atoms. The lowest BCUT2D eigenvalue weighted by molar-refractivity contribution is 0.0287. The number of hydrogen-bond donors (Lipinski definition) is 1. The lowest BCUT2D eigenvalue weighted by atomic mass is 10.3. The first-order valence-corrected chi connectivity index (χ1v) is 4.78. The molecular formula is C9H17N3O3. The molecular weight excluding hydrogens is 198 g/mol. The van der Waals surface area contributed by atoms with Gasteiger partial charge in [-0.2, -0.15) is 4.98 Å². The predicted octanol–water partition coefficient (Wildman–Crippen LogP) is 0.129. The summed E-state index contributed by atoms with van der Waals surface area (Å²) in [5, 5.41) is 6.92. The molecule has 0 saturated heterocycles. The van der Waals surface area contributed by atoms with Crippen molar-refractivity contribution in [3.05, 3.63) is 11.7 Å². The Morgan fingerprint density at radius 1 is 1.47 bits per heavy atom. The highest BCUT2D eigenvalue weighted by molar-refractivity contribution is 4.83. The van der Waals surface area contributed by atoms with E-state index in [9.17, 15) is 0 Å². The molecule has 0 radical (unpaired) electrons. The first kappa shape index (κ1) is 12.1. The normalized spacial score (nSPS) is 13.0. The Balaban J connectivity index is 2.20. The summed E-state index contributed by atoms with van der Waals surface area (Å²) in [6.07, 6.45) is 0.0444. The van der Waals surface area contributed by atoms with Crippen LogP contribution >= 0.6 is 0 Å². The molecule has 6 heteroatoms. The number of aromatic nitrogens is 2. The third kappa shape index (κ3) is 4.37. The van der Waals surface area contributed by atoms with E-state index < -0.39 is 0 Å². The summed E-state index contributed by atoms with van der Waals surface area (Å²) in [7, 11) is 3.30. The lowest BCUT2D eigenvalue weighted by Crippen LogP contribution is -2.31. The number of methoxy groups -OCH3 is 2. The highest BCUT2D eigenvalue weighted by Crippen LogP contribution is 1.94. The number of rotatable bonds is 7. The molecule has 1 unspecified atom stereocenters. The fourth-order valence-corrected chi connectivity index (χ4v) is 1.15. The van der Waals surface area contributed by atoms with Crippen molar-refractivity contribution in [1.82, 2.24) is 15.5 Å². The van der Waals surface area contributed by atoms with Gasteiger partial charge in [-0.15, -0.1) is 0 Å². The molecule has 0 aliphatic heterocycles. The van der Waals surface area contributed by atoms with Crippen LogP contribution in [-0.2, 0) is 16.0 Å². The third-order valence-electron chi connectivity index (χ3n) is 1.91. The van der Waals surface area contributed by atoms with Crippen LogP contribution in [0.25, 0.3) is 0 Å². The van der Waals surface area contributed by atoms with Crippen molar-refractivity contribution >= 4 is 0 Å². The van der Waals surface area contributed by atoms with E-state index in [1.807, 2.05) is 0 Å². The molecule has 6 nitrogen and oxygen atoms in total. The van der Waals surface area contributed by atoms with Gasteiger partial charge in [0, 0.05) is 27.7 Å². The quantitative estimate of drug-likeness (QED) is 0.697. The Morgan fingerprint density at radius 2 is 2.27 bits per heavy atom. The molecule has 1 heterocycles. The van der Waals surface area contributed by atoms with Crippen LogP contribution in [0.3, 0.4) is 0 Å². The van der Waals surface area contributed by atoms with Crippen LogP contribution in [0.15, 0.2) is 4.52 Å². The van der Waals surface area contributed by atoms with Crippen molar-refractivity contribution in [3.8, 4) is 0 Å². The molecule has 0 saturated carbocycles. The molecule has 0 aromatic carbocycles. The molecule has 1 rings (SSSR count). The zero-order valence-corrected chi connectivity index (χ0v) is 9.32. The highest BCUT2D eigenvalue weighted by Gasteiger charge is 2.07. The second-order valence-electron chi connectivity index (χ2n) is 3.17. The SMILES string of the molecule is COCC(CNCc1noc(C)n1)OC. The molecule has 1 aromatic rings. The molecule has 0 aliphatic rings. The van der Waals surface area contributed by atoms with Gasteiger partial charge in [-0.1, -0.05) is 5.16 Å². The second kappa shape index (κ2) is 6.49. The van der Waals surface area contributed by atoms with Crippen LogP contribution < -0.4 is 5.32 Å². The zero-order valence-electron chi connectivity index (χ0n) is 9.32. The Bertz CT molecular complexity index is 277. The average Bonchev–Trinajstić information content (AvgIpc) is 2.63. The van der Waals surface area contributed by atoms with E-state index in [0.717, 1.165) is 0 Å². The van der Waals surface area contributed by atoms with Gasteiger partial charge in [0.25, 0.3) is 0 Å². The number of aryl methyl sites for hydroxylation is 1. The molecule has 1 aromatic heterocycles. The Labute approximate surface area is 88.9 Å². The van der Waals surface area contributed by atoms with Crippen molar-refractivity contribution in [2.45, 2.75) is 19.6 Å². The fourth-order valence-electron chi connectivity index (χ4n) is 1.15. The topological polar surface area (TPSA) is 69.4 Å². The monoisotopic (exact) mass is 215 g/mol. The van der Waals surface area contributed by atoms with E-state index in [2.05, 4.69) is 15.5 Å². The van der Waals surface area contributed by atoms with Crippen molar-refractivity contribution in [3.63, 3.8) is 0 Å².